The third-order valence-corrected chi connectivity index (χ3v) is 8.37. The van der Waals surface area contributed by atoms with Crippen LogP contribution in [0.15, 0.2) is 46.4 Å². The zero-order valence-electron chi connectivity index (χ0n) is 21.9. The Kier molecular flexibility index (Phi) is 7.78. The predicted molar refractivity (Wildman–Crippen MR) is 144 cm³/mol. The van der Waals surface area contributed by atoms with Gasteiger partial charge in [0.25, 0.3) is 5.92 Å². The van der Waals surface area contributed by atoms with E-state index in [1.165, 1.54) is 19.1 Å². The van der Waals surface area contributed by atoms with Gasteiger partial charge in [-0.25, -0.2) is 13.2 Å². The van der Waals surface area contributed by atoms with Crippen molar-refractivity contribution in [3.05, 3.63) is 58.4 Å². The van der Waals surface area contributed by atoms with Gasteiger partial charge in [-0.15, -0.1) is 0 Å². The fourth-order valence-corrected chi connectivity index (χ4v) is 6.45. The van der Waals surface area contributed by atoms with E-state index in [-0.39, 0.29) is 12.5 Å². The minimum atomic E-state index is -2.91. The Labute approximate surface area is 222 Å². The summed E-state index contributed by atoms with van der Waals surface area (Å²) in [7, 11) is 1.72. The number of halogens is 4. The van der Waals surface area contributed by atoms with E-state index in [2.05, 4.69) is 4.99 Å². The van der Waals surface area contributed by atoms with E-state index in [0.717, 1.165) is 48.8 Å². The molecule has 0 heterocycles. The first-order valence-corrected chi connectivity index (χ1v) is 13.2. The Morgan fingerprint density at radius 1 is 1.14 bits per heavy atom. The van der Waals surface area contributed by atoms with Crippen molar-refractivity contribution in [1.29, 1.82) is 0 Å². The van der Waals surface area contributed by atoms with Gasteiger partial charge in [-0.1, -0.05) is 30.7 Å². The van der Waals surface area contributed by atoms with Crippen LogP contribution in [0.2, 0.25) is 5.02 Å². The lowest BCUT2D eigenvalue weighted by molar-refractivity contribution is 0.00547. The van der Waals surface area contributed by atoms with Crippen LogP contribution in [0.25, 0.3) is 11.1 Å². The van der Waals surface area contributed by atoms with Crippen LogP contribution in [0.3, 0.4) is 0 Å². The van der Waals surface area contributed by atoms with Crippen molar-refractivity contribution < 1.29 is 17.9 Å². The molecule has 0 saturated heterocycles. The molecule has 0 aromatic heterocycles. The lowest BCUT2D eigenvalue weighted by Gasteiger charge is -2.48. The number of aliphatic imine (C=N–C) groups is 2. The fourth-order valence-electron chi connectivity index (χ4n) is 6.23. The molecular weight excluding hydrogens is 499 g/mol. The highest BCUT2D eigenvalue weighted by molar-refractivity contribution is 6.30. The molecule has 4 nitrogen and oxygen atoms in total. The maximum absolute atomic E-state index is 14.3. The molecule has 2 N–H and O–H groups in total. The molecule has 8 heteroatoms. The molecule has 2 aromatic rings. The zero-order valence-corrected chi connectivity index (χ0v) is 22.6. The van der Waals surface area contributed by atoms with Crippen molar-refractivity contribution in [3.63, 3.8) is 0 Å². The maximum Gasteiger partial charge on any atom is 0.267 e. The average molecular weight is 534 g/mol. The summed E-state index contributed by atoms with van der Waals surface area (Å²) < 4.78 is 48.6. The van der Waals surface area contributed by atoms with E-state index >= 15 is 0 Å². The van der Waals surface area contributed by atoms with Crippen LogP contribution in [0.5, 0.6) is 0 Å². The lowest BCUT2D eigenvalue weighted by Crippen LogP contribution is -2.50. The third-order valence-electron chi connectivity index (χ3n) is 8.15. The van der Waals surface area contributed by atoms with Gasteiger partial charge in [0.2, 0.25) is 0 Å². The SMILES string of the molecule is CCC(F)(F)CN=C(C)C1(N=C(C)N)c2cc(-c3cc(F)cc(Cl)c3)ccc2CC12CCC(OC)CC2. The standard InChI is InChI=1S/C29H35ClF3N3O/c1-5-28(32,33)17-35-18(2)29(36-19(3)34)26-14-20(22-12-23(30)15-24(31)13-22)6-7-21(26)16-27(29)10-8-25(37-4)9-11-27/h6-7,12-15,25H,5,8-11,16-17H2,1-4H3,(H2,34,36). The first-order chi connectivity index (χ1) is 17.4. The summed E-state index contributed by atoms with van der Waals surface area (Å²) in [5, 5.41) is 0.298. The van der Waals surface area contributed by atoms with Crippen LogP contribution in [0.1, 0.15) is 64.0 Å². The molecular formula is C29H35ClF3N3O. The summed E-state index contributed by atoms with van der Waals surface area (Å²) in [6.45, 7) is 4.36. The van der Waals surface area contributed by atoms with Gasteiger partial charge in [-0.3, -0.25) is 9.98 Å². The average Bonchev–Trinajstić information content (AvgIpc) is 3.11. The largest absolute Gasteiger partial charge is 0.388 e. The Morgan fingerprint density at radius 2 is 1.84 bits per heavy atom. The molecule has 0 radical (unpaired) electrons. The van der Waals surface area contributed by atoms with Crippen molar-refractivity contribution in [3.8, 4) is 11.1 Å². The van der Waals surface area contributed by atoms with Gasteiger partial charge in [-0.2, -0.15) is 0 Å². The molecule has 1 fully saturated rings. The summed E-state index contributed by atoms with van der Waals surface area (Å²) in [4.78, 5) is 9.54. The van der Waals surface area contributed by atoms with Crippen LogP contribution in [-0.2, 0) is 16.7 Å². The van der Waals surface area contributed by atoms with Crippen molar-refractivity contribution >= 4 is 23.1 Å². The van der Waals surface area contributed by atoms with Gasteiger partial charge in [0.1, 0.15) is 17.9 Å². The molecule has 200 valence electrons. The first-order valence-electron chi connectivity index (χ1n) is 12.8. The summed E-state index contributed by atoms with van der Waals surface area (Å²) in [5.41, 5.74) is 8.72. The molecule has 0 bridgehead atoms. The number of benzene rings is 2. The van der Waals surface area contributed by atoms with E-state index < -0.39 is 29.2 Å². The molecule has 4 rings (SSSR count). The number of ether oxygens (including phenoxy) is 1. The number of methoxy groups -OCH3 is 1. The Morgan fingerprint density at radius 3 is 2.43 bits per heavy atom. The molecule has 0 aliphatic heterocycles. The second kappa shape index (κ2) is 10.4. The minimum absolute atomic E-state index is 0.140. The highest BCUT2D eigenvalue weighted by Gasteiger charge is 2.60. The Bertz CT molecular complexity index is 1200. The predicted octanol–water partition coefficient (Wildman–Crippen LogP) is 7.36. The minimum Gasteiger partial charge on any atom is -0.388 e. The van der Waals surface area contributed by atoms with Crippen LogP contribution in [0, 0.1) is 11.2 Å². The van der Waals surface area contributed by atoms with Gasteiger partial charge in [0, 0.05) is 29.7 Å². The van der Waals surface area contributed by atoms with Gasteiger partial charge in [0.05, 0.1) is 11.9 Å². The zero-order chi connectivity index (χ0) is 27.0. The number of alkyl halides is 2. The topological polar surface area (TPSA) is 60.0 Å². The second-order valence-corrected chi connectivity index (χ2v) is 10.9. The van der Waals surface area contributed by atoms with E-state index in [1.54, 1.807) is 27.0 Å². The number of fused-ring (bicyclic) bond motifs is 1. The van der Waals surface area contributed by atoms with Crippen molar-refractivity contribution in [2.24, 2.45) is 21.1 Å². The smallest absolute Gasteiger partial charge is 0.267 e. The molecule has 2 aromatic carbocycles. The van der Waals surface area contributed by atoms with Crippen LogP contribution in [0.4, 0.5) is 13.2 Å². The van der Waals surface area contributed by atoms with Gasteiger partial charge in [-0.05, 0) is 92.5 Å². The summed E-state index contributed by atoms with van der Waals surface area (Å²) in [5.74, 6) is -2.98. The molecule has 1 unspecified atom stereocenters. The fraction of sp³-hybridized carbons (Fsp3) is 0.517. The molecule has 1 saturated carbocycles. The third kappa shape index (κ3) is 5.17. The molecule has 2 aliphatic carbocycles. The first kappa shape index (κ1) is 27.6. The highest BCUT2D eigenvalue weighted by Crippen LogP contribution is 2.61. The van der Waals surface area contributed by atoms with Crippen molar-refractivity contribution in [1.82, 2.24) is 0 Å². The highest BCUT2D eigenvalue weighted by atomic mass is 35.5. The number of amidine groups is 1. The Balaban J connectivity index is 1.95. The van der Waals surface area contributed by atoms with E-state index in [4.69, 9.17) is 27.1 Å². The molecule has 0 amide bonds. The normalized spacial score (nSPS) is 26.5. The molecule has 2 aliphatic rings. The molecule has 1 spiro atoms. The number of nitrogens with zero attached hydrogens (tertiary/aromatic N) is 2. The maximum atomic E-state index is 14.3. The Hall–Kier alpha value is -2.38. The van der Waals surface area contributed by atoms with E-state index in [0.29, 0.717) is 22.1 Å². The monoisotopic (exact) mass is 533 g/mol. The number of rotatable bonds is 7. The number of hydrogen-bond donors (Lipinski definition) is 1. The van der Waals surface area contributed by atoms with E-state index in [1.807, 2.05) is 18.2 Å². The van der Waals surface area contributed by atoms with Crippen LogP contribution < -0.4 is 5.73 Å². The van der Waals surface area contributed by atoms with Gasteiger partial charge < -0.3 is 10.5 Å². The van der Waals surface area contributed by atoms with Crippen LogP contribution >= 0.6 is 11.6 Å². The van der Waals surface area contributed by atoms with Crippen LogP contribution in [-0.4, -0.2) is 37.2 Å². The van der Waals surface area contributed by atoms with E-state index in [9.17, 15) is 13.2 Å². The summed E-state index contributed by atoms with van der Waals surface area (Å²) in [6, 6.07) is 10.4. The van der Waals surface area contributed by atoms with Gasteiger partial charge >= 0.3 is 0 Å². The second-order valence-electron chi connectivity index (χ2n) is 10.5. The molecule has 37 heavy (non-hydrogen) atoms. The quantitative estimate of drug-likeness (QED) is 0.298. The lowest BCUT2D eigenvalue weighted by atomic mass is 9.60. The van der Waals surface area contributed by atoms with Gasteiger partial charge in [0.15, 0.2) is 0 Å². The summed E-state index contributed by atoms with van der Waals surface area (Å²) >= 11 is 6.15. The number of hydrogen-bond acceptors (Lipinski definition) is 3. The van der Waals surface area contributed by atoms with Crippen molar-refractivity contribution in [2.75, 3.05) is 13.7 Å². The van der Waals surface area contributed by atoms with Crippen molar-refractivity contribution in [2.45, 2.75) is 76.9 Å². The number of nitrogens with two attached hydrogens (primary N) is 1. The molecule has 1 atom stereocenters. The summed E-state index contributed by atoms with van der Waals surface area (Å²) in [6.07, 6.45) is 3.80.